The van der Waals surface area contributed by atoms with Gasteiger partial charge in [0.15, 0.2) is 11.6 Å². The molecule has 17 nitrogen and oxygen atoms in total. The number of H-pyrrole nitrogens is 3. The van der Waals surface area contributed by atoms with E-state index in [2.05, 4.69) is 15.0 Å². The summed E-state index contributed by atoms with van der Waals surface area (Å²) in [7, 11) is 4.74. The van der Waals surface area contributed by atoms with E-state index in [-0.39, 0.29) is 54.1 Å². The number of ether oxygens (including phenoxy) is 5. The number of Topliss-reactive ketones (excluding diaryl/α,β-unsaturated/α-hetero) is 2. The maximum atomic E-state index is 12.8. The van der Waals surface area contributed by atoms with Crippen molar-refractivity contribution in [3.05, 3.63) is 89.9 Å². The Hall–Kier alpha value is -7.14. The first-order chi connectivity index (χ1) is 34.7. The number of benzene rings is 3. The number of nitrogens with one attached hydrogen (secondary N) is 3. The Bertz CT molecular complexity index is 2810. The SMILES string of the molecule is CC(C)C[C@H](N)C(=O)OC(C)C.COc1cccc2[nH]c(C(=O)C[C@@H](CC(C)C)C(=O)O)cc12.COc1cccc2[nH]c(C(=O)C[C@@H](CC(C)C)C(=O)OC(C)(C)C)cc12.COc1cccc2[nH]c(C(=O)O)cc12. The number of rotatable bonds is 20. The van der Waals surface area contributed by atoms with Gasteiger partial charge >= 0.3 is 23.9 Å². The molecule has 0 saturated heterocycles. The molecule has 74 heavy (non-hydrogen) atoms. The molecule has 17 heteroatoms. The zero-order chi connectivity index (χ0) is 55.6. The van der Waals surface area contributed by atoms with Crippen molar-refractivity contribution in [2.75, 3.05) is 21.3 Å². The molecule has 0 amide bonds. The lowest BCUT2D eigenvalue weighted by atomic mass is 9.91. The molecule has 0 bridgehead atoms. The smallest absolute Gasteiger partial charge is 0.352 e. The number of carboxylic acid groups (broad SMARTS) is 2. The molecule has 6 aromatic rings. The number of esters is 2. The molecule has 6 rings (SSSR count). The molecule has 0 fully saturated rings. The van der Waals surface area contributed by atoms with E-state index in [1.165, 1.54) is 0 Å². The van der Waals surface area contributed by atoms with Crippen molar-refractivity contribution in [3.8, 4) is 17.2 Å². The van der Waals surface area contributed by atoms with Gasteiger partial charge < -0.3 is 54.6 Å². The molecule has 7 N–H and O–H groups in total. The van der Waals surface area contributed by atoms with E-state index in [1.54, 1.807) is 45.6 Å². The molecular formula is C57H78N4O13. The van der Waals surface area contributed by atoms with Gasteiger partial charge in [0, 0.05) is 45.6 Å². The molecule has 0 saturated carbocycles. The summed E-state index contributed by atoms with van der Waals surface area (Å²) in [6.45, 7) is 21.2. The maximum absolute atomic E-state index is 12.8. The molecule has 0 radical (unpaired) electrons. The van der Waals surface area contributed by atoms with Crippen molar-refractivity contribution in [1.82, 2.24) is 15.0 Å². The van der Waals surface area contributed by atoms with Crippen LogP contribution in [-0.4, -0.2) is 99.7 Å². The molecule has 0 aliphatic heterocycles. The summed E-state index contributed by atoms with van der Waals surface area (Å²) in [5, 5.41) is 20.5. The lowest BCUT2D eigenvalue weighted by Crippen LogP contribution is -2.34. The standard InChI is InChI=1S/C21H29NO4.C17H21NO4.C10H9NO3.C9H19NO2/c1-13(2)10-14(20(24)26-21(3,4)5)11-18(23)17-12-15-16(22-17)8-7-9-19(15)25-6;1-10(2)7-11(17(20)21)8-15(19)14-9-12-13(18-14)5-4-6-16(12)22-3;1-14-9-4-2-3-7-6(9)5-8(11-7)10(12)13;1-6(2)5-8(10)9(11)12-7(3)4/h7-9,12-14,22H,10-11H2,1-6H3;4-6,9-11,18H,7-8H2,1-3H3,(H,20,21);2-5,11H,1H3,(H,12,13);6-8H,5,10H2,1-4H3/t14-;11-;;8-/m11.0/s1. The van der Waals surface area contributed by atoms with Gasteiger partial charge in [-0.15, -0.1) is 0 Å². The first-order valence-corrected chi connectivity index (χ1v) is 24.9. The zero-order valence-corrected chi connectivity index (χ0v) is 45.5. The lowest BCUT2D eigenvalue weighted by Gasteiger charge is -2.24. The molecule has 3 atom stereocenters. The van der Waals surface area contributed by atoms with Crippen molar-refractivity contribution in [2.24, 2.45) is 35.3 Å². The molecule has 3 aromatic heterocycles. The fourth-order valence-electron chi connectivity index (χ4n) is 7.98. The number of hydrogen-bond acceptors (Lipinski definition) is 12. The van der Waals surface area contributed by atoms with Gasteiger partial charge in [0.2, 0.25) is 0 Å². The first-order valence-electron chi connectivity index (χ1n) is 24.9. The van der Waals surface area contributed by atoms with Crippen LogP contribution in [0, 0.1) is 29.6 Å². The summed E-state index contributed by atoms with van der Waals surface area (Å²) in [4.78, 5) is 79.8. The number of carbonyl (C=O) groups excluding carboxylic acids is 4. The van der Waals surface area contributed by atoms with Gasteiger partial charge in [-0.1, -0.05) is 59.7 Å². The van der Waals surface area contributed by atoms with E-state index in [9.17, 15) is 33.9 Å². The number of carbonyl (C=O) groups is 6. The van der Waals surface area contributed by atoms with Crippen LogP contribution in [0.5, 0.6) is 17.2 Å². The van der Waals surface area contributed by atoms with E-state index >= 15 is 0 Å². The number of aliphatic carboxylic acids is 1. The second-order valence-corrected chi connectivity index (χ2v) is 20.6. The average molecular weight is 1030 g/mol. The van der Waals surface area contributed by atoms with Gasteiger partial charge in [0.05, 0.1) is 50.7 Å². The summed E-state index contributed by atoms with van der Waals surface area (Å²) in [5.74, 6) is -0.855. The second-order valence-electron chi connectivity index (χ2n) is 20.6. The van der Waals surface area contributed by atoms with Crippen LogP contribution in [0.15, 0.2) is 72.8 Å². The van der Waals surface area contributed by atoms with E-state index in [0.29, 0.717) is 59.7 Å². The predicted octanol–water partition coefficient (Wildman–Crippen LogP) is 11.4. The number of fused-ring (bicyclic) bond motifs is 3. The molecular weight excluding hydrogens is 949 g/mol. The van der Waals surface area contributed by atoms with E-state index in [0.717, 1.165) is 32.7 Å². The number of aromatic carboxylic acids is 1. The minimum atomic E-state index is -0.969. The van der Waals surface area contributed by atoms with E-state index in [4.69, 9.17) is 34.5 Å². The predicted molar refractivity (Wildman–Crippen MR) is 287 cm³/mol. The van der Waals surface area contributed by atoms with Crippen molar-refractivity contribution in [3.63, 3.8) is 0 Å². The number of nitrogens with two attached hydrogens (primary N) is 1. The van der Waals surface area contributed by atoms with Crippen molar-refractivity contribution in [1.29, 1.82) is 0 Å². The lowest BCUT2D eigenvalue weighted by molar-refractivity contribution is -0.160. The van der Waals surface area contributed by atoms with E-state index < -0.39 is 35.4 Å². The molecule has 3 heterocycles. The quantitative estimate of drug-likeness (QED) is 0.0307. The van der Waals surface area contributed by atoms with Crippen LogP contribution < -0.4 is 19.9 Å². The van der Waals surface area contributed by atoms with Gasteiger partial charge in [0.1, 0.15) is 34.6 Å². The first kappa shape index (κ1) is 61.2. The summed E-state index contributed by atoms with van der Waals surface area (Å²) in [5.41, 5.74) is 8.52. The molecule has 0 aliphatic carbocycles. The Kier molecular flexibility index (Phi) is 23.4. The van der Waals surface area contributed by atoms with Crippen LogP contribution in [0.25, 0.3) is 32.7 Å². The highest BCUT2D eigenvalue weighted by Crippen LogP contribution is 2.30. The molecule has 0 aliphatic rings. The Morgan fingerprint density at radius 3 is 1.24 bits per heavy atom. The van der Waals surface area contributed by atoms with Crippen LogP contribution in [-0.2, 0) is 23.9 Å². The van der Waals surface area contributed by atoms with Crippen LogP contribution in [0.4, 0.5) is 0 Å². The molecule has 0 unspecified atom stereocenters. The number of hydrogen-bond donors (Lipinski definition) is 6. The monoisotopic (exact) mass is 1030 g/mol. The minimum absolute atomic E-state index is 0.00263. The van der Waals surface area contributed by atoms with E-state index in [1.807, 2.05) is 125 Å². The van der Waals surface area contributed by atoms with Gasteiger partial charge in [0.25, 0.3) is 0 Å². The summed E-state index contributed by atoms with van der Waals surface area (Å²) in [6.07, 6.45) is 1.85. The van der Waals surface area contributed by atoms with Gasteiger partial charge in [-0.3, -0.25) is 24.0 Å². The van der Waals surface area contributed by atoms with Crippen molar-refractivity contribution < 1.29 is 62.7 Å². The average Bonchev–Trinajstić information content (AvgIpc) is 4.08. The van der Waals surface area contributed by atoms with Crippen LogP contribution in [0.3, 0.4) is 0 Å². The Balaban J connectivity index is 0.000000272. The number of aromatic amines is 3. The minimum Gasteiger partial charge on any atom is -0.496 e. The maximum Gasteiger partial charge on any atom is 0.352 e. The van der Waals surface area contributed by atoms with Crippen LogP contribution in [0.2, 0.25) is 0 Å². The van der Waals surface area contributed by atoms with Gasteiger partial charge in [-0.25, -0.2) is 4.79 Å². The summed E-state index contributed by atoms with van der Waals surface area (Å²) < 4.78 is 26.2. The van der Waals surface area contributed by atoms with Gasteiger partial charge in [-0.05, 0) is 126 Å². The Labute approximate surface area is 434 Å². The second kappa shape index (κ2) is 28.3. The molecule has 404 valence electrons. The fourth-order valence-corrected chi connectivity index (χ4v) is 7.98. The summed E-state index contributed by atoms with van der Waals surface area (Å²) in [6, 6.07) is 21.2. The van der Waals surface area contributed by atoms with Crippen molar-refractivity contribution >= 4 is 68.2 Å². The number of aromatic nitrogens is 3. The van der Waals surface area contributed by atoms with Crippen LogP contribution in [0.1, 0.15) is 140 Å². The normalized spacial score (nSPS) is 12.5. The third kappa shape index (κ3) is 19.0. The third-order valence-electron chi connectivity index (χ3n) is 11.2. The largest absolute Gasteiger partial charge is 0.496 e. The third-order valence-corrected chi connectivity index (χ3v) is 11.2. The molecule has 0 spiro atoms. The molecule has 3 aromatic carbocycles. The number of methoxy groups -OCH3 is 3. The van der Waals surface area contributed by atoms with Gasteiger partial charge in [-0.2, -0.15) is 0 Å². The van der Waals surface area contributed by atoms with Crippen LogP contribution >= 0.6 is 0 Å². The number of ketones is 2. The highest BCUT2D eigenvalue weighted by Gasteiger charge is 2.29. The topological polar surface area (TPSA) is 262 Å². The Morgan fingerprint density at radius 1 is 0.541 bits per heavy atom. The summed E-state index contributed by atoms with van der Waals surface area (Å²) >= 11 is 0. The zero-order valence-electron chi connectivity index (χ0n) is 45.5. The van der Waals surface area contributed by atoms with Crippen molar-refractivity contribution in [2.45, 2.75) is 126 Å². The number of carboxylic acids is 2. The highest BCUT2D eigenvalue weighted by atomic mass is 16.6. The fraction of sp³-hybridized carbons (Fsp3) is 0.474. The highest BCUT2D eigenvalue weighted by molar-refractivity contribution is 6.03. The Morgan fingerprint density at radius 2 is 0.905 bits per heavy atom.